The van der Waals surface area contributed by atoms with E-state index in [4.69, 9.17) is 4.74 Å². The Balaban J connectivity index is 1.97. The molecule has 128 valence electrons. The maximum Gasteiger partial charge on any atom is 0.0629 e. The summed E-state index contributed by atoms with van der Waals surface area (Å²) >= 11 is 0. The summed E-state index contributed by atoms with van der Waals surface area (Å²) in [6.07, 6.45) is 12.0. The Hall–Kier alpha value is -0.300. The Morgan fingerprint density at radius 2 is 2.00 bits per heavy atom. The maximum absolute atomic E-state index is 5.83. The van der Waals surface area contributed by atoms with Gasteiger partial charge in [0.2, 0.25) is 0 Å². The highest BCUT2D eigenvalue weighted by Crippen LogP contribution is 2.59. The maximum atomic E-state index is 5.83. The Labute approximate surface area is 138 Å². The fraction of sp³-hybridized carbons (Fsp3) is 0.905. The van der Waals surface area contributed by atoms with Crippen LogP contribution in [-0.2, 0) is 4.74 Å². The van der Waals surface area contributed by atoms with Gasteiger partial charge in [0.05, 0.1) is 5.60 Å². The third kappa shape index (κ3) is 3.78. The third-order valence-corrected chi connectivity index (χ3v) is 6.77. The van der Waals surface area contributed by atoms with E-state index in [9.17, 15) is 0 Å². The molecule has 2 aliphatic rings. The fourth-order valence-electron chi connectivity index (χ4n) is 5.56. The number of allylic oxidation sites excluding steroid dienone is 2. The molecule has 2 fully saturated rings. The van der Waals surface area contributed by atoms with E-state index in [0.717, 1.165) is 37.2 Å². The first-order valence-electron chi connectivity index (χ1n) is 9.61. The van der Waals surface area contributed by atoms with Gasteiger partial charge in [-0.3, -0.25) is 0 Å². The smallest absolute Gasteiger partial charge is 0.0629 e. The number of hydrogen-bond acceptors (Lipinski definition) is 1. The Bertz CT molecular complexity index is 395. The van der Waals surface area contributed by atoms with Gasteiger partial charge < -0.3 is 4.74 Å². The lowest BCUT2D eigenvalue weighted by Gasteiger charge is -2.44. The lowest BCUT2D eigenvalue weighted by molar-refractivity contribution is -0.0154. The number of hydrogen-bond donors (Lipinski definition) is 0. The normalized spacial score (nSPS) is 36.5. The minimum Gasteiger partial charge on any atom is -0.376 e. The van der Waals surface area contributed by atoms with Crippen LogP contribution in [0.2, 0.25) is 0 Å². The second-order valence-corrected chi connectivity index (χ2v) is 8.79. The molecular weight excluding hydrogens is 268 g/mol. The molecule has 0 radical (unpaired) electrons. The fourth-order valence-corrected chi connectivity index (χ4v) is 5.56. The minimum absolute atomic E-state index is 0.0208. The van der Waals surface area contributed by atoms with Crippen molar-refractivity contribution in [1.82, 2.24) is 0 Å². The highest BCUT2D eigenvalue weighted by Gasteiger charge is 2.50. The molecule has 0 spiro atoms. The summed E-state index contributed by atoms with van der Waals surface area (Å²) in [4.78, 5) is 0. The van der Waals surface area contributed by atoms with Gasteiger partial charge >= 0.3 is 0 Å². The molecular formula is C21H38O. The molecule has 0 aromatic heterocycles. The molecule has 0 aromatic carbocycles. The summed E-state index contributed by atoms with van der Waals surface area (Å²) in [5, 5.41) is 0. The van der Waals surface area contributed by atoms with E-state index in [1.807, 2.05) is 0 Å². The van der Waals surface area contributed by atoms with Crippen LogP contribution in [0, 0.1) is 23.2 Å². The lowest BCUT2D eigenvalue weighted by atomic mass is 9.60. The van der Waals surface area contributed by atoms with Crippen molar-refractivity contribution < 1.29 is 4.74 Å². The molecule has 2 aliphatic carbocycles. The van der Waals surface area contributed by atoms with Crippen molar-refractivity contribution in [2.24, 2.45) is 23.2 Å². The standard InChI is InChI=1S/C21H38O/c1-7-22-20(4,5)14-8-10-16(2)18-12-13-19-17(3)11-9-15-21(18,19)6/h10,17-19H,7-9,11-15H2,1-6H3. The SMILES string of the molecule is CCOC(C)(C)CCC=C(C)C1CCC2C(C)CCCC12C. The molecule has 0 N–H and O–H groups in total. The van der Waals surface area contributed by atoms with Crippen LogP contribution < -0.4 is 0 Å². The minimum atomic E-state index is 0.0208. The molecule has 0 aromatic rings. The van der Waals surface area contributed by atoms with Gasteiger partial charge in [0.15, 0.2) is 0 Å². The van der Waals surface area contributed by atoms with Crippen molar-refractivity contribution in [3.8, 4) is 0 Å². The Morgan fingerprint density at radius 3 is 2.68 bits per heavy atom. The van der Waals surface area contributed by atoms with Gasteiger partial charge in [0.1, 0.15) is 0 Å². The third-order valence-electron chi connectivity index (χ3n) is 6.77. The van der Waals surface area contributed by atoms with E-state index >= 15 is 0 Å². The van der Waals surface area contributed by atoms with Crippen LogP contribution in [0.3, 0.4) is 0 Å². The van der Waals surface area contributed by atoms with Crippen LogP contribution in [0.25, 0.3) is 0 Å². The van der Waals surface area contributed by atoms with Crippen LogP contribution in [0.1, 0.15) is 86.5 Å². The van der Waals surface area contributed by atoms with E-state index in [-0.39, 0.29) is 5.60 Å². The number of ether oxygens (including phenoxy) is 1. The average molecular weight is 307 g/mol. The number of fused-ring (bicyclic) bond motifs is 1. The second-order valence-electron chi connectivity index (χ2n) is 8.79. The first-order valence-corrected chi connectivity index (χ1v) is 9.61. The first-order chi connectivity index (χ1) is 10.3. The lowest BCUT2D eigenvalue weighted by Crippen LogP contribution is -2.36. The largest absolute Gasteiger partial charge is 0.376 e. The molecule has 0 heterocycles. The van der Waals surface area contributed by atoms with E-state index in [0.29, 0.717) is 5.41 Å². The molecule has 4 unspecified atom stereocenters. The molecule has 0 saturated heterocycles. The van der Waals surface area contributed by atoms with Gasteiger partial charge in [-0.05, 0) is 83.0 Å². The van der Waals surface area contributed by atoms with Gasteiger partial charge in [0, 0.05) is 6.61 Å². The molecule has 0 bridgehead atoms. The first kappa shape index (κ1) is 18.0. The predicted molar refractivity (Wildman–Crippen MR) is 96.0 cm³/mol. The summed E-state index contributed by atoms with van der Waals surface area (Å²) in [6, 6.07) is 0. The quantitative estimate of drug-likeness (QED) is 0.517. The summed E-state index contributed by atoms with van der Waals surface area (Å²) < 4.78 is 5.83. The molecule has 0 aliphatic heterocycles. The highest BCUT2D eigenvalue weighted by atomic mass is 16.5. The summed E-state index contributed by atoms with van der Waals surface area (Å²) in [6.45, 7) is 14.8. The van der Waals surface area contributed by atoms with Crippen molar-refractivity contribution in [2.75, 3.05) is 6.61 Å². The van der Waals surface area contributed by atoms with Gasteiger partial charge in [-0.15, -0.1) is 0 Å². The van der Waals surface area contributed by atoms with Crippen molar-refractivity contribution in [3.05, 3.63) is 11.6 Å². The van der Waals surface area contributed by atoms with Gasteiger partial charge in [-0.25, -0.2) is 0 Å². The van der Waals surface area contributed by atoms with Gasteiger partial charge in [-0.2, -0.15) is 0 Å². The monoisotopic (exact) mass is 306 g/mol. The van der Waals surface area contributed by atoms with E-state index < -0.39 is 0 Å². The second kappa shape index (κ2) is 7.07. The van der Waals surface area contributed by atoms with Gasteiger partial charge in [-0.1, -0.05) is 38.3 Å². The Morgan fingerprint density at radius 1 is 1.27 bits per heavy atom. The zero-order valence-corrected chi connectivity index (χ0v) is 15.9. The van der Waals surface area contributed by atoms with E-state index in [1.165, 1.54) is 32.1 Å². The van der Waals surface area contributed by atoms with E-state index in [2.05, 4.69) is 47.6 Å². The van der Waals surface area contributed by atoms with E-state index in [1.54, 1.807) is 5.57 Å². The zero-order chi connectivity index (χ0) is 16.4. The predicted octanol–water partition coefficient (Wildman–Crippen LogP) is 6.38. The molecule has 1 nitrogen and oxygen atoms in total. The average Bonchev–Trinajstić information content (AvgIpc) is 2.77. The molecule has 22 heavy (non-hydrogen) atoms. The molecule has 0 amide bonds. The summed E-state index contributed by atoms with van der Waals surface area (Å²) in [7, 11) is 0. The van der Waals surface area contributed by atoms with Crippen LogP contribution in [0.4, 0.5) is 0 Å². The summed E-state index contributed by atoms with van der Waals surface area (Å²) in [5.74, 6) is 2.73. The number of rotatable bonds is 6. The molecule has 4 atom stereocenters. The highest BCUT2D eigenvalue weighted by molar-refractivity contribution is 5.14. The van der Waals surface area contributed by atoms with Crippen molar-refractivity contribution in [3.63, 3.8) is 0 Å². The van der Waals surface area contributed by atoms with Crippen molar-refractivity contribution in [2.45, 2.75) is 92.1 Å². The van der Waals surface area contributed by atoms with Crippen LogP contribution in [-0.4, -0.2) is 12.2 Å². The van der Waals surface area contributed by atoms with Crippen molar-refractivity contribution >= 4 is 0 Å². The van der Waals surface area contributed by atoms with Crippen LogP contribution in [0.5, 0.6) is 0 Å². The van der Waals surface area contributed by atoms with Crippen LogP contribution in [0.15, 0.2) is 11.6 Å². The molecule has 2 saturated carbocycles. The molecule has 2 rings (SSSR count). The topological polar surface area (TPSA) is 9.23 Å². The van der Waals surface area contributed by atoms with Gasteiger partial charge in [0.25, 0.3) is 0 Å². The molecule has 1 heteroatoms. The van der Waals surface area contributed by atoms with Crippen molar-refractivity contribution in [1.29, 1.82) is 0 Å². The van der Waals surface area contributed by atoms with Crippen LogP contribution >= 0.6 is 0 Å². The Kier molecular flexibility index (Phi) is 5.80. The summed E-state index contributed by atoms with van der Waals surface area (Å²) in [5.41, 5.74) is 2.26. The zero-order valence-electron chi connectivity index (χ0n) is 15.9.